The highest BCUT2D eigenvalue weighted by Crippen LogP contribution is 2.30. The van der Waals surface area contributed by atoms with Crippen LogP contribution in [0, 0.1) is 0 Å². The number of thiazole rings is 2. The Hall–Kier alpha value is -1.84. The Morgan fingerprint density at radius 2 is 2.21 bits per heavy atom. The molecule has 2 aliphatic rings. The molecule has 2 amide bonds. The Labute approximate surface area is 147 Å². The lowest BCUT2D eigenvalue weighted by Gasteiger charge is -2.37. The van der Waals surface area contributed by atoms with E-state index in [1.54, 1.807) is 28.6 Å². The summed E-state index contributed by atoms with van der Waals surface area (Å²) in [5.74, 6) is 0.205. The Bertz CT molecular complexity index is 733. The fourth-order valence-electron chi connectivity index (χ4n) is 2.92. The molecule has 2 saturated heterocycles. The van der Waals surface area contributed by atoms with Gasteiger partial charge in [0, 0.05) is 30.6 Å². The van der Waals surface area contributed by atoms with Crippen LogP contribution in [0.3, 0.4) is 0 Å². The predicted octanol–water partition coefficient (Wildman–Crippen LogP) is 1.53. The van der Waals surface area contributed by atoms with Gasteiger partial charge >= 0.3 is 0 Å². The largest absolute Gasteiger partial charge is 0.335 e. The quantitative estimate of drug-likeness (QED) is 0.860. The summed E-state index contributed by atoms with van der Waals surface area (Å²) >= 11 is 2.85. The molecule has 2 aliphatic heterocycles. The average molecular weight is 363 g/mol. The van der Waals surface area contributed by atoms with Crippen LogP contribution in [0.1, 0.15) is 33.6 Å². The lowest BCUT2D eigenvalue weighted by Crippen LogP contribution is -2.48. The number of likely N-dealkylation sites (tertiary alicyclic amines) is 1. The smallest absolute Gasteiger partial charge is 0.282 e. The van der Waals surface area contributed by atoms with E-state index < -0.39 is 0 Å². The van der Waals surface area contributed by atoms with Crippen molar-refractivity contribution in [1.82, 2.24) is 20.2 Å². The first-order chi connectivity index (χ1) is 11.7. The maximum Gasteiger partial charge on any atom is 0.282 e. The number of rotatable bonds is 4. The SMILES string of the molecule is O=C(Nc1cnc(C(=O)N2CC(c3nccs3)C2)s1)[C@@H]1CCCN1. The summed E-state index contributed by atoms with van der Waals surface area (Å²) in [5, 5.41) is 10.1. The minimum atomic E-state index is -0.138. The average Bonchev–Trinajstić information content (AvgIpc) is 3.28. The molecule has 1 atom stereocenters. The monoisotopic (exact) mass is 363 g/mol. The fraction of sp³-hybridized carbons (Fsp3) is 0.467. The Morgan fingerprint density at radius 3 is 2.92 bits per heavy atom. The van der Waals surface area contributed by atoms with Crippen molar-refractivity contribution in [3.63, 3.8) is 0 Å². The summed E-state index contributed by atoms with van der Waals surface area (Å²) < 4.78 is 0. The molecular weight excluding hydrogens is 346 g/mol. The van der Waals surface area contributed by atoms with E-state index in [9.17, 15) is 9.59 Å². The van der Waals surface area contributed by atoms with Crippen LogP contribution >= 0.6 is 22.7 Å². The van der Waals surface area contributed by atoms with Crippen LogP contribution in [0.15, 0.2) is 17.8 Å². The summed E-state index contributed by atoms with van der Waals surface area (Å²) in [6, 6.07) is -0.138. The summed E-state index contributed by atoms with van der Waals surface area (Å²) in [6.45, 7) is 2.24. The first-order valence-corrected chi connectivity index (χ1v) is 9.59. The Morgan fingerprint density at radius 1 is 1.33 bits per heavy atom. The molecule has 4 heterocycles. The number of carbonyl (C=O) groups is 2. The zero-order valence-corrected chi connectivity index (χ0v) is 14.5. The first kappa shape index (κ1) is 15.7. The lowest BCUT2D eigenvalue weighted by atomic mass is 10.0. The van der Waals surface area contributed by atoms with Crippen molar-refractivity contribution in [2.75, 3.05) is 25.0 Å². The van der Waals surface area contributed by atoms with Crippen LogP contribution in [0.4, 0.5) is 5.00 Å². The van der Waals surface area contributed by atoms with Gasteiger partial charge in [-0.25, -0.2) is 9.97 Å². The van der Waals surface area contributed by atoms with E-state index in [-0.39, 0.29) is 17.9 Å². The van der Waals surface area contributed by atoms with Crippen LogP contribution in [0.25, 0.3) is 0 Å². The van der Waals surface area contributed by atoms with Crippen molar-refractivity contribution in [2.45, 2.75) is 24.8 Å². The van der Waals surface area contributed by atoms with E-state index in [0.29, 0.717) is 29.0 Å². The molecule has 24 heavy (non-hydrogen) atoms. The molecule has 2 N–H and O–H groups in total. The van der Waals surface area contributed by atoms with Gasteiger partial charge < -0.3 is 15.5 Å². The minimum Gasteiger partial charge on any atom is -0.335 e. The van der Waals surface area contributed by atoms with Crippen molar-refractivity contribution < 1.29 is 9.59 Å². The second-order valence-corrected chi connectivity index (χ2v) is 7.90. The molecule has 0 aliphatic carbocycles. The maximum atomic E-state index is 12.4. The van der Waals surface area contributed by atoms with Gasteiger partial charge in [-0.3, -0.25) is 9.59 Å². The molecule has 2 aromatic rings. The number of amides is 2. The summed E-state index contributed by atoms with van der Waals surface area (Å²) in [6.07, 6.45) is 5.21. The first-order valence-electron chi connectivity index (χ1n) is 7.89. The van der Waals surface area contributed by atoms with Gasteiger partial charge in [-0.05, 0) is 19.4 Å². The molecule has 0 aromatic carbocycles. The van der Waals surface area contributed by atoms with Gasteiger partial charge in [-0.15, -0.1) is 11.3 Å². The molecule has 2 aromatic heterocycles. The van der Waals surface area contributed by atoms with Crippen molar-refractivity contribution in [1.29, 1.82) is 0 Å². The second-order valence-electron chi connectivity index (χ2n) is 5.95. The summed E-state index contributed by atoms with van der Waals surface area (Å²) in [4.78, 5) is 34.7. The fourth-order valence-corrected chi connectivity index (χ4v) is 4.43. The normalized spacial score (nSPS) is 20.8. The van der Waals surface area contributed by atoms with Crippen molar-refractivity contribution in [3.05, 3.63) is 27.8 Å². The number of anilines is 1. The molecule has 126 valence electrons. The van der Waals surface area contributed by atoms with E-state index in [1.165, 1.54) is 11.3 Å². The third-order valence-corrected chi connectivity index (χ3v) is 6.12. The van der Waals surface area contributed by atoms with Crippen molar-refractivity contribution >= 4 is 39.5 Å². The van der Waals surface area contributed by atoms with Gasteiger partial charge in [-0.2, -0.15) is 0 Å². The summed E-state index contributed by atoms with van der Waals surface area (Å²) in [7, 11) is 0. The predicted molar refractivity (Wildman–Crippen MR) is 92.5 cm³/mol. The van der Waals surface area contributed by atoms with Crippen LogP contribution < -0.4 is 10.6 Å². The van der Waals surface area contributed by atoms with Crippen molar-refractivity contribution in [3.8, 4) is 0 Å². The molecule has 2 fully saturated rings. The van der Waals surface area contributed by atoms with Crippen LogP contribution in [-0.4, -0.2) is 52.4 Å². The molecular formula is C15H17N5O2S2. The van der Waals surface area contributed by atoms with Gasteiger partial charge in [0.05, 0.1) is 17.2 Å². The molecule has 0 spiro atoms. The van der Waals surface area contributed by atoms with Crippen molar-refractivity contribution in [2.24, 2.45) is 0 Å². The molecule has 0 bridgehead atoms. The molecule has 4 rings (SSSR count). The highest BCUT2D eigenvalue weighted by molar-refractivity contribution is 7.17. The van der Waals surface area contributed by atoms with E-state index in [0.717, 1.165) is 24.4 Å². The molecule has 9 heteroatoms. The van der Waals surface area contributed by atoms with Gasteiger partial charge in [-0.1, -0.05) is 11.3 Å². The molecule has 0 radical (unpaired) electrons. The third kappa shape index (κ3) is 3.06. The highest BCUT2D eigenvalue weighted by atomic mass is 32.1. The van der Waals surface area contributed by atoms with Gasteiger partial charge in [0.15, 0.2) is 5.01 Å². The van der Waals surface area contributed by atoms with E-state index in [2.05, 4.69) is 20.6 Å². The second kappa shape index (κ2) is 6.58. The maximum absolute atomic E-state index is 12.4. The summed E-state index contributed by atoms with van der Waals surface area (Å²) in [5.41, 5.74) is 0. The Kier molecular flexibility index (Phi) is 4.30. The zero-order chi connectivity index (χ0) is 16.5. The van der Waals surface area contributed by atoms with Gasteiger partial charge in [0.1, 0.15) is 5.00 Å². The highest BCUT2D eigenvalue weighted by Gasteiger charge is 2.35. The van der Waals surface area contributed by atoms with E-state index in [1.807, 2.05) is 5.38 Å². The molecule has 7 nitrogen and oxygen atoms in total. The van der Waals surface area contributed by atoms with Gasteiger partial charge in [0.2, 0.25) is 5.91 Å². The number of hydrogen-bond donors (Lipinski definition) is 2. The third-order valence-electron chi connectivity index (χ3n) is 4.28. The number of nitrogens with one attached hydrogen (secondary N) is 2. The number of aromatic nitrogens is 2. The molecule has 0 unspecified atom stereocenters. The number of carbonyl (C=O) groups excluding carboxylic acids is 2. The lowest BCUT2D eigenvalue weighted by molar-refractivity contribution is -0.117. The number of hydrogen-bond acceptors (Lipinski definition) is 7. The van der Waals surface area contributed by atoms with Crippen LogP contribution in [0.2, 0.25) is 0 Å². The zero-order valence-electron chi connectivity index (χ0n) is 12.9. The molecule has 0 saturated carbocycles. The van der Waals surface area contributed by atoms with E-state index >= 15 is 0 Å². The minimum absolute atomic E-state index is 0.0528. The Balaban J connectivity index is 1.33. The number of nitrogens with zero attached hydrogens (tertiary/aromatic N) is 3. The van der Waals surface area contributed by atoms with E-state index in [4.69, 9.17) is 0 Å². The van der Waals surface area contributed by atoms with Crippen LogP contribution in [0.5, 0.6) is 0 Å². The standard InChI is InChI=1S/C15H17N5O2S2/c21-12(10-2-1-3-16-10)19-11-6-18-14(24-11)15(22)20-7-9(8-20)13-17-4-5-23-13/h4-6,9-10,16H,1-3,7-8H2,(H,19,21)/t10-/m0/s1. The van der Waals surface area contributed by atoms with Gasteiger partial charge in [0.25, 0.3) is 5.91 Å². The topological polar surface area (TPSA) is 87.2 Å². The van der Waals surface area contributed by atoms with Crippen LogP contribution in [-0.2, 0) is 4.79 Å².